The van der Waals surface area contributed by atoms with E-state index in [1.165, 1.54) is 0 Å². The molecule has 2 aromatic rings. The minimum atomic E-state index is -0.0217. The van der Waals surface area contributed by atoms with Gasteiger partial charge in [-0.25, -0.2) is 4.99 Å². The lowest BCUT2D eigenvalue weighted by Gasteiger charge is -2.27. The molecule has 1 heterocycles. The Labute approximate surface area is 178 Å². The third-order valence-corrected chi connectivity index (χ3v) is 5.63. The largest absolute Gasteiger partial charge is 0.396 e. The first kappa shape index (κ1) is 21.6. The number of aliphatic hydroxyl groups excluding tert-OH is 1. The third-order valence-electron chi connectivity index (χ3n) is 5.38. The molecule has 5 nitrogen and oxygen atoms in total. The van der Waals surface area contributed by atoms with E-state index in [4.69, 9.17) is 21.3 Å². The second-order valence-electron chi connectivity index (χ2n) is 7.49. The van der Waals surface area contributed by atoms with Crippen molar-refractivity contribution in [2.75, 3.05) is 32.9 Å². The standard InChI is InChI=1S/C23H30ClN3O2/c1-2-25-22(27-16-23(11-13-28)12-14-29-17-23)26-15-19-5-3-4-6-21(19)18-7-9-20(24)10-8-18/h3-10,28H,2,11-17H2,1H3,(H2,25,26,27). The average Bonchev–Trinajstić information content (AvgIpc) is 3.20. The van der Waals surface area contributed by atoms with Crippen molar-refractivity contribution in [2.45, 2.75) is 26.3 Å². The Morgan fingerprint density at radius 2 is 1.97 bits per heavy atom. The van der Waals surface area contributed by atoms with E-state index in [0.29, 0.717) is 13.2 Å². The molecule has 1 aliphatic heterocycles. The number of rotatable bonds is 8. The number of halogens is 1. The smallest absolute Gasteiger partial charge is 0.191 e. The van der Waals surface area contributed by atoms with Crippen LogP contribution >= 0.6 is 11.6 Å². The molecule has 0 bridgehead atoms. The molecule has 1 atom stereocenters. The van der Waals surface area contributed by atoms with E-state index >= 15 is 0 Å². The quantitative estimate of drug-likeness (QED) is 0.452. The lowest BCUT2D eigenvalue weighted by molar-refractivity contribution is 0.127. The lowest BCUT2D eigenvalue weighted by atomic mass is 9.84. The van der Waals surface area contributed by atoms with Crippen LogP contribution in [0.3, 0.4) is 0 Å². The summed E-state index contributed by atoms with van der Waals surface area (Å²) in [5.41, 5.74) is 3.42. The fraction of sp³-hybridized carbons (Fsp3) is 0.435. The second kappa shape index (κ2) is 10.6. The van der Waals surface area contributed by atoms with Crippen molar-refractivity contribution in [3.63, 3.8) is 0 Å². The molecule has 156 valence electrons. The van der Waals surface area contributed by atoms with Crippen LogP contribution in [0.2, 0.25) is 5.02 Å². The van der Waals surface area contributed by atoms with Crippen LogP contribution in [-0.2, 0) is 11.3 Å². The molecule has 0 aliphatic carbocycles. The van der Waals surface area contributed by atoms with Gasteiger partial charge in [-0.2, -0.15) is 0 Å². The predicted octanol–water partition coefficient (Wildman–Crippen LogP) is 3.85. The number of aliphatic imine (C=N–C) groups is 1. The Hall–Kier alpha value is -2.08. The van der Waals surface area contributed by atoms with Crippen LogP contribution in [0.15, 0.2) is 53.5 Å². The number of hydrogen-bond acceptors (Lipinski definition) is 3. The molecule has 1 saturated heterocycles. The van der Waals surface area contributed by atoms with Crippen molar-refractivity contribution in [2.24, 2.45) is 10.4 Å². The van der Waals surface area contributed by atoms with E-state index in [0.717, 1.165) is 60.2 Å². The summed E-state index contributed by atoms with van der Waals surface area (Å²) >= 11 is 6.04. The minimum absolute atomic E-state index is 0.0217. The van der Waals surface area contributed by atoms with Gasteiger partial charge in [0.25, 0.3) is 0 Å². The molecular weight excluding hydrogens is 386 g/mol. The van der Waals surface area contributed by atoms with E-state index < -0.39 is 0 Å². The van der Waals surface area contributed by atoms with Crippen LogP contribution in [0, 0.1) is 5.41 Å². The first-order valence-electron chi connectivity index (χ1n) is 10.2. The van der Waals surface area contributed by atoms with Gasteiger partial charge in [-0.3, -0.25) is 0 Å². The summed E-state index contributed by atoms with van der Waals surface area (Å²) in [4.78, 5) is 4.80. The van der Waals surface area contributed by atoms with Gasteiger partial charge in [0.15, 0.2) is 5.96 Å². The maximum Gasteiger partial charge on any atom is 0.191 e. The zero-order valence-corrected chi connectivity index (χ0v) is 17.7. The number of ether oxygens (including phenoxy) is 1. The van der Waals surface area contributed by atoms with Gasteiger partial charge < -0.3 is 20.5 Å². The molecular formula is C23H30ClN3O2. The molecule has 0 amide bonds. The van der Waals surface area contributed by atoms with Crippen LogP contribution in [-0.4, -0.2) is 44.0 Å². The molecule has 3 rings (SSSR count). The number of aliphatic hydroxyl groups is 1. The summed E-state index contributed by atoms with van der Waals surface area (Å²) in [5.74, 6) is 0.780. The van der Waals surface area contributed by atoms with E-state index in [2.05, 4.69) is 29.7 Å². The normalized spacial score (nSPS) is 19.3. The SMILES string of the molecule is CCNC(=NCc1ccccc1-c1ccc(Cl)cc1)NCC1(CCO)CCOC1. The summed E-state index contributed by atoms with van der Waals surface area (Å²) in [6.45, 7) is 5.75. The molecule has 6 heteroatoms. The molecule has 3 N–H and O–H groups in total. The number of benzene rings is 2. The molecule has 1 fully saturated rings. The summed E-state index contributed by atoms with van der Waals surface area (Å²) in [7, 11) is 0. The first-order valence-corrected chi connectivity index (χ1v) is 10.6. The molecule has 0 radical (unpaired) electrons. The van der Waals surface area contributed by atoms with Crippen molar-refractivity contribution in [1.29, 1.82) is 0 Å². The van der Waals surface area contributed by atoms with Gasteiger partial charge in [-0.1, -0.05) is 48.0 Å². The molecule has 0 spiro atoms. The summed E-state index contributed by atoms with van der Waals surface area (Å²) < 4.78 is 5.59. The molecule has 1 aliphatic rings. The Bertz CT molecular complexity index is 802. The summed E-state index contributed by atoms with van der Waals surface area (Å²) in [6.07, 6.45) is 1.69. The third kappa shape index (κ3) is 5.95. The van der Waals surface area contributed by atoms with E-state index in [1.54, 1.807) is 0 Å². The fourth-order valence-electron chi connectivity index (χ4n) is 3.66. The van der Waals surface area contributed by atoms with Crippen LogP contribution < -0.4 is 10.6 Å². The van der Waals surface area contributed by atoms with Crippen LogP contribution in [0.25, 0.3) is 11.1 Å². The summed E-state index contributed by atoms with van der Waals surface area (Å²) in [5, 5.41) is 16.9. The summed E-state index contributed by atoms with van der Waals surface area (Å²) in [6, 6.07) is 16.2. The number of nitrogens with one attached hydrogen (secondary N) is 2. The van der Waals surface area contributed by atoms with E-state index in [1.807, 2.05) is 36.4 Å². The van der Waals surface area contributed by atoms with Crippen molar-refractivity contribution < 1.29 is 9.84 Å². The Morgan fingerprint density at radius 3 is 2.66 bits per heavy atom. The first-order chi connectivity index (χ1) is 14.2. The van der Waals surface area contributed by atoms with Crippen LogP contribution in [0.1, 0.15) is 25.3 Å². The maximum atomic E-state index is 9.43. The molecule has 0 saturated carbocycles. The molecule has 0 aromatic heterocycles. The predicted molar refractivity (Wildman–Crippen MR) is 119 cm³/mol. The number of nitrogens with zero attached hydrogens (tertiary/aromatic N) is 1. The van der Waals surface area contributed by atoms with E-state index in [-0.39, 0.29) is 12.0 Å². The topological polar surface area (TPSA) is 65.9 Å². The zero-order chi connectivity index (χ0) is 20.5. The van der Waals surface area contributed by atoms with Gasteiger partial charge in [0, 0.05) is 36.7 Å². The highest BCUT2D eigenvalue weighted by atomic mass is 35.5. The maximum absolute atomic E-state index is 9.43. The molecule has 1 unspecified atom stereocenters. The highest BCUT2D eigenvalue weighted by Gasteiger charge is 2.34. The fourth-order valence-corrected chi connectivity index (χ4v) is 3.78. The highest BCUT2D eigenvalue weighted by Crippen LogP contribution is 2.31. The van der Waals surface area contributed by atoms with Crippen LogP contribution in [0.4, 0.5) is 0 Å². The van der Waals surface area contributed by atoms with Gasteiger partial charge in [-0.15, -0.1) is 0 Å². The molecule has 29 heavy (non-hydrogen) atoms. The number of hydrogen-bond donors (Lipinski definition) is 3. The van der Waals surface area contributed by atoms with Gasteiger partial charge >= 0.3 is 0 Å². The lowest BCUT2D eigenvalue weighted by Crippen LogP contribution is -2.44. The zero-order valence-electron chi connectivity index (χ0n) is 17.0. The Morgan fingerprint density at radius 1 is 1.17 bits per heavy atom. The monoisotopic (exact) mass is 415 g/mol. The van der Waals surface area contributed by atoms with Gasteiger partial charge in [0.05, 0.1) is 13.2 Å². The highest BCUT2D eigenvalue weighted by molar-refractivity contribution is 6.30. The van der Waals surface area contributed by atoms with Gasteiger partial charge in [0.2, 0.25) is 0 Å². The van der Waals surface area contributed by atoms with Crippen molar-refractivity contribution in [1.82, 2.24) is 10.6 Å². The van der Waals surface area contributed by atoms with Gasteiger partial charge in [0.1, 0.15) is 0 Å². The minimum Gasteiger partial charge on any atom is -0.396 e. The van der Waals surface area contributed by atoms with Crippen molar-refractivity contribution >= 4 is 17.6 Å². The number of guanidine groups is 1. The van der Waals surface area contributed by atoms with Crippen LogP contribution in [0.5, 0.6) is 0 Å². The Kier molecular flexibility index (Phi) is 7.92. The average molecular weight is 416 g/mol. The van der Waals surface area contributed by atoms with Crippen molar-refractivity contribution in [3.8, 4) is 11.1 Å². The van der Waals surface area contributed by atoms with E-state index in [9.17, 15) is 5.11 Å². The van der Waals surface area contributed by atoms with Crippen molar-refractivity contribution in [3.05, 3.63) is 59.1 Å². The van der Waals surface area contributed by atoms with Gasteiger partial charge in [-0.05, 0) is 48.6 Å². The Balaban J connectivity index is 1.73. The molecule has 2 aromatic carbocycles. The second-order valence-corrected chi connectivity index (χ2v) is 7.93.